The predicted octanol–water partition coefficient (Wildman–Crippen LogP) is 4.99. The molecule has 0 saturated heterocycles. The van der Waals surface area contributed by atoms with Crippen LogP contribution < -0.4 is 5.32 Å². The molecule has 0 unspecified atom stereocenters. The molecule has 1 N–H and O–H groups in total. The summed E-state index contributed by atoms with van der Waals surface area (Å²) >= 11 is 0. The molecule has 1 saturated carbocycles. The second-order valence-corrected chi connectivity index (χ2v) is 8.68. The van der Waals surface area contributed by atoms with E-state index in [1.54, 1.807) is 24.3 Å². The van der Waals surface area contributed by atoms with Crippen LogP contribution >= 0.6 is 0 Å². The number of benzene rings is 2. The number of alkyl halides is 3. The number of hydrogen-bond donors (Lipinski definition) is 1. The van der Waals surface area contributed by atoms with E-state index >= 15 is 0 Å². The lowest BCUT2D eigenvalue weighted by Crippen LogP contribution is -2.37. The van der Waals surface area contributed by atoms with Crippen LogP contribution in [0, 0.1) is 0 Å². The molecule has 2 heterocycles. The molecule has 5 rings (SSSR count). The van der Waals surface area contributed by atoms with Gasteiger partial charge in [-0.3, -0.25) is 4.79 Å². The Labute approximate surface area is 204 Å². The number of carbonyl (C=O) groups excluding carboxylic acids is 1. The lowest BCUT2D eigenvalue weighted by Gasteiger charge is -2.22. The predicted molar refractivity (Wildman–Crippen MR) is 124 cm³/mol. The first-order valence-corrected chi connectivity index (χ1v) is 11.7. The summed E-state index contributed by atoms with van der Waals surface area (Å²) in [7, 11) is 0. The molecule has 4 aromatic rings. The molecule has 0 bridgehead atoms. The van der Waals surface area contributed by atoms with E-state index in [2.05, 4.69) is 25.5 Å². The molecule has 0 aliphatic heterocycles. The van der Waals surface area contributed by atoms with E-state index in [1.807, 2.05) is 6.07 Å². The largest absolute Gasteiger partial charge is 0.416 e. The van der Waals surface area contributed by atoms with Crippen molar-refractivity contribution in [3.63, 3.8) is 0 Å². The second kappa shape index (κ2) is 9.92. The Hall–Kier alpha value is -4.02. The van der Waals surface area contributed by atoms with Gasteiger partial charge in [-0.2, -0.15) is 18.2 Å². The molecular weight excluding hydrogens is 473 g/mol. The smallest absolute Gasteiger partial charge is 0.353 e. The van der Waals surface area contributed by atoms with Gasteiger partial charge in [-0.05, 0) is 31.0 Å². The fourth-order valence-corrected chi connectivity index (χ4v) is 4.26. The van der Waals surface area contributed by atoms with Crippen LogP contribution in [0.25, 0.3) is 28.8 Å². The lowest BCUT2D eigenvalue weighted by atomic mass is 9.95. The summed E-state index contributed by atoms with van der Waals surface area (Å²) in [5.41, 5.74) is 0.00871. The first-order valence-electron chi connectivity index (χ1n) is 11.7. The molecule has 2 aromatic carbocycles. The molecule has 1 aliphatic carbocycles. The monoisotopic (exact) mass is 496 g/mol. The molecule has 0 spiro atoms. The summed E-state index contributed by atoms with van der Waals surface area (Å²) < 4.78 is 46.6. The van der Waals surface area contributed by atoms with Crippen LogP contribution in [-0.4, -0.2) is 36.9 Å². The zero-order valence-corrected chi connectivity index (χ0v) is 19.2. The minimum absolute atomic E-state index is 0.0293. The van der Waals surface area contributed by atoms with Gasteiger partial charge in [0, 0.05) is 11.6 Å². The third kappa shape index (κ3) is 5.29. The van der Waals surface area contributed by atoms with Crippen molar-refractivity contribution >= 4 is 5.91 Å². The molecule has 186 valence electrons. The van der Waals surface area contributed by atoms with Crippen LogP contribution in [0.15, 0.2) is 59.1 Å². The molecule has 36 heavy (non-hydrogen) atoms. The minimum Gasteiger partial charge on any atom is -0.353 e. The maximum atomic E-state index is 13.3. The highest BCUT2D eigenvalue weighted by Crippen LogP contribution is 2.32. The summed E-state index contributed by atoms with van der Waals surface area (Å²) in [6, 6.07) is 13.9. The second-order valence-electron chi connectivity index (χ2n) is 8.68. The van der Waals surface area contributed by atoms with Crippen molar-refractivity contribution in [1.29, 1.82) is 0 Å². The SMILES string of the molecule is O=C(Cc1noc(-c2nc(-c3ccccc3)n(-c3cccc(C(F)(F)F)c3)n2)n1)NC1CCCCC1. The molecule has 1 aliphatic rings. The molecule has 2 aromatic heterocycles. The first-order chi connectivity index (χ1) is 17.4. The maximum Gasteiger partial charge on any atom is 0.416 e. The number of rotatable bonds is 6. The van der Waals surface area contributed by atoms with Gasteiger partial charge >= 0.3 is 6.18 Å². The van der Waals surface area contributed by atoms with E-state index in [1.165, 1.54) is 23.2 Å². The molecular formula is C25H23F3N6O2. The summed E-state index contributed by atoms with van der Waals surface area (Å²) in [5.74, 6) is 0.299. The van der Waals surface area contributed by atoms with Gasteiger partial charge in [0.2, 0.25) is 11.7 Å². The van der Waals surface area contributed by atoms with E-state index in [0.29, 0.717) is 11.4 Å². The average molecular weight is 496 g/mol. The van der Waals surface area contributed by atoms with Crippen LogP contribution in [0.5, 0.6) is 0 Å². The summed E-state index contributed by atoms with van der Waals surface area (Å²) in [6.45, 7) is 0. The molecule has 1 fully saturated rings. The van der Waals surface area contributed by atoms with Gasteiger partial charge in [-0.25, -0.2) is 9.67 Å². The van der Waals surface area contributed by atoms with Crippen molar-refractivity contribution in [3.8, 4) is 28.8 Å². The quantitative estimate of drug-likeness (QED) is 0.404. The third-order valence-corrected chi connectivity index (χ3v) is 6.01. The Morgan fingerprint density at radius 3 is 2.56 bits per heavy atom. The highest BCUT2D eigenvalue weighted by Gasteiger charge is 2.31. The molecule has 0 radical (unpaired) electrons. The minimum atomic E-state index is -4.51. The van der Waals surface area contributed by atoms with Gasteiger partial charge in [0.05, 0.1) is 17.7 Å². The average Bonchev–Trinajstić information content (AvgIpc) is 3.52. The lowest BCUT2D eigenvalue weighted by molar-refractivity contribution is -0.137. The van der Waals surface area contributed by atoms with Crippen molar-refractivity contribution in [3.05, 3.63) is 66.0 Å². The van der Waals surface area contributed by atoms with Crippen molar-refractivity contribution in [2.45, 2.75) is 50.7 Å². The fourth-order valence-electron chi connectivity index (χ4n) is 4.26. The third-order valence-electron chi connectivity index (χ3n) is 6.01. The highest BCUT2D eigenvalue weighted by molar-refractivity contribution is 5.78. The zero-order valence-electron chi connectivity index (χ0n) is 19.2. The van der Waals surface area contributed by atoms with Crippen molar-refractivity contribution in [2.75, 3.05) is 0 Å². The van der Waals surface area contributed by atoms with Crippen LogP contribution in [0.2, 0.25) is 0 Å². The number of hydrogen-bond acceptors (Lipinski definition) is 6. The number of carbonyl (C=O) groups is 1. The topological polar surface area (TPSA) is 98.7 Å². The Kier molecular flexibility index (Phi) is 6.53. The molecule has 0 atom stereocenters. The first kappa shape index (κ1) is 23.7. The number of nitrogens with zero attached hydrogens (tertiary/aromatic N) is 5. The fraction of sp³-hybridized carbons (Fsp3) is 0.320. The van der Waals surface area contributed by atoms with Crippen molar-refractivity contribution < 1.29 is 22.5 Å². The standard InChI is InChI=1S/C25H23F3N6O2/c26-25(27,28)17-10-7-13-19(14-17)34-23(16-8-3-1-4-9-16)31-22(32-34)24-30-20(33-36-24)15-21(35)29-18-11-5-2-6-12-18/h1,3-4,7-10,13-14,18H,2,5-6,11-12,15H2,(H,29,35). The van der Waals surface area contributed by atoms with E-state index < -0.39 is 11.7 Å². The van der Waals surface area contributed by atoms with Gasteiger partial charge in [0.1, 0.15) is 0 Å². The van der Waals surface area contributed by atoms with Gasteiger partial charge < -0.3 is 9.84 Å². The summed E-state index contributed by atoms with van der Waals surface area (Å²) in [6.07, 6.45) is 0.741. The number of amides is 1. The van der Waals surface area contributed by atoms with Crippen LogP contribution in [0.4, 0.5) is 13.2 Å². The van der Waals surface area contributed by atoms with E-state index in [0.717, 1.165) is 37.8 Å². The van der Waals surface area contributed by atoms with Gasteiger partial charge in [0.15, 0.2) is 11.6 Å². The Bertz CT molecular complexity index is 1340. The highest BCUT2D eigenvalue weighted by atomic mass is 19.4. The van der Waals surface area contributed by atoms with Crippen molar-refractivity contribution in [2.24, 2.45) is 0 Å². The Morgan fingerprint density at radius 2 is 1.81 bits per heavy atom. The zero-order chi connectivity index (χ0) is 25.1. The normalized spacial score (nSPS) is 14.6. The molecule has 8 nitrogen and oxygen atoms in total. The van der Waals surface area contributed by atoms with Gasteiger partial charge in [0.25, 0.3) is 5.89 Å². The van der Waals surface area contributed by atoms with Crippen LogP contribution in [0.1, 0.15) is 43.5 Å². The summed E-state index contributed by atoms with van der Waals surface area (Å²) in [4.78, 5) is 21.1. The van der Waals surface area contributed by atoms with Crippen molar-refractivity contribution in [1.82, 2.24) is 30.2 Å². The molecule has 1 amide bonds. The van der Waals surface area contributed by atoms with Gasteiger partial charge in [-0.1, -0.05) is 60.8 Å². The number of nitrogens with one attached hydrogen (secondary N) is 1. The van der Waals surface area contributed by atoms with E-state index in [9.17, 15) is 18.0 Å². The summed E-state index contributed by atoms with van der Waals surface area (Å²) in [5, 5.41) is 11.3. The van der Waals surface area contributed by atoms with Crippen LogP contribution in [-0.2, 0) is 17.4 Å². The van der Waals surface area contributed by atoms with Gasteiger partial charge in [-0.15, -0.1) is 5.10 Å². The van der Waals surface area contributed by atoms with E-state index in [-0.39, 0.29) is 41.6 Å². The number of aromatic nitrogens is 5. The van der Waals surface area contributed by atoms with E-state index in [4.69, 9.17) is 4.52 Å². The van der Waals surface area contributed by atoms with Crippen LogP contribution in [0.3, 0.4) is 0 Å². The number of halogens is 3. The Balaban J connectivity index is 1.43. The maximum absolute atomic E-state index is 13.3. The molecule has 11 heteroatoms. The Morgan fingerprint density at radius 1 is 1.03 bits per heavy atom.